The summed E-state index contributed by atoms with van der Waals surface area (Å²) in [5, 5.41) is 14.6. The number of anilines is 2. The predicted molar refractivity (Wildman–Crippen MR) is 123 cm³/mol. The van der Waals surface area contributed by atoms with Crippen molar-refractivity contribution < 1.29 is 18.0 Å². The number of halogens is 4. The molecule has 0 radical (unpaired) electrons. The van der Waals surface area contributed by atoms with E-state index in [-0.39, 0.29) is 27.2 Å². The van der Waals surface area contributed by atoms with Gasteiger partial charge in [-0.05, 0) is 12.1 Å². The lowest BCUT2D eigenvalue weighted by Gasteiger charge is -2.12. The van der Waals surface area contributed by atoms with Gasteiger partial charge in [-0.2, -0.15) is 28.5 Å². The lowest BCUT2D eigenvalue weighted by atomic mass is 10.0. The Bertz CT molecular complexity index is 1580. The second kappa shape index (κ2) is 8.32. The van der Waals surface area contributed by atoms with Gasteiger partial charge in [0.1, 0.15) is 17.0 Å². The van der Waals surface area contributed by atoms with E-state index in [1.807, 2.05) is 0 Å². The molecular formula is C20H13ClF3N9OS. The van der Waals surface area contributed by atoms with E-state index in [0.29, 0.717) is 10.2 Å². The number of nitrogens with zero attached hydrogens (tertiary/aromatic N) is 7. The maximum absolute atomic E-state index is 14.3. The molecule has 0 saturated heterocycles. The largest absolute Gasteiger partial charge is 0.420 e. The van der Waals surface area contributed by atoms with E-state index in [1.165, 1.54) is 37.8 Å². The molecule has 178 valence electrons. The number of aryl methyl sites for hydroxylation is 1. The molecule has 4 aromatic heterocycles. The van der Waals surface area contributed by atoms with Crippen LogP contribution in [0.2, 0.25) is 5.02 Å². The third-order valence-corrected chi connectivity index (χ3v) is 6.13. The Morgan fingerprint density at radius 3 is 2.66 bits per heavy atom. The molecule has 0 saturated carbocycles. The number of fused-ring (bicyclic) bond motifs is 1. The molecule has 5 rings (SSSR count). The van der Waals surface area contributed by atoms with Gasteiger partial charge in [0.25, 0.3) is 5.91 Å². The molecule has 15 heteroatoms. The number of pyridine rings is 1. The molecule has 0 unspecified atom stereocenters. The number of alkyl halides is 3. The lowest BCUT2D eigenvalue weighted by Crippen LogP contribution is -2.21. The Kier molecular flexibility index (Phi) is 5.40. The Morgan fingerprint density at radius 2 is 1.97 bits per heavy atom. The number of benzene rings is 1. The van der Waals surface area contributed by atoms with Crippen LogP contribution < -0.4 is 11.1 Å². The highest BCUT2D eigenvalue weighted by molar-refractivity contribution is 7.22. The minimum atomic E-state index is -4.89. The van der Waals surface area contributed by atoms with Crippen molar-refractivity contribution >= 4 is 49.9 Å². The van der Waals surface area contributed by atoms with Gasteiger partial charge in [0.2, 0.25) is 0 Å². The molecule has 0 aliphatic carbocycles. The summed E-state index contributed by atoms with van der Waals surface area (Å²) >= 11 is 7.24. The standard InChI is InChI=1S/C20H13ClF3N9OS/c1-32-15(18(34)29-9-7-11(21)17(26-8-9)33-27-5-6-28-33)13(20(22,23)24)14(31-32)10-3-2-4-12-16(10)35-19(25)30-12/h2-8H,1H3,(H2,25,30)(H,29,34). The number of nitrogens with one attached hydrogen (secondary N) is 1. The van der Waals surface area contributed by atoms with Crippen LogP contribution in [-0.4, -0.2) is 40.6 Å². The topological polar surface area (TPSA) is 129 Å². The molecule has 35 heavy (non-hydrogen) atoms. The zero-order valence-corrected chi connectivity index (χ0v) is 19.2. The molecule has 0 atom stereocenters. The number of thiazole rings is 1. The number of carbonyl (C=O) groups is 1. The molecule has 0 aliphatic heterocycles. The van der Waals surface area contributed by atoms with E-state index < -0.39 is 29.0 Å². The average Bonchev–Trinajstić information content (AvgIpc) is 3.50. The predicted octanol–water partition coefficient (Wildman–Crippen LogP) is 4.18. The molecule has 1 aromatic carbocycles. The number of amides is 1. The highest BCUT2D eigenvalue weighted by Crippen LogP contribution is 2.42. The molecule has 0 fully saturated rings. The summed E-state index contributed by atoms with van der Waals surface area (Å²) in [5.74, 6) is -0.859. The fourth-order valence-corrected chi connectivity index (χ4v) is 4.64. The first-order valence-corrected chi connectivity index (χ1v) is 11.0. The summed E-state index contributed by atoms with van der Waals surface area (Å²) < 4.78 is 44.1. The first-order chi connectivity index (χ1) is 16.6. The van der Waals surface area contributed by atoms with Crippen LogP contribution in [0.4, 0.5) is 24.0 Å². The number of hydrogen-bond acceptors (Lipinski definition) is 8. The van der Waals surface area contributed by atoms with E-state index in [1.54, 1.807) is 12.1 Å². The Hall–Kier alpha value is -4.04. The van der Waals surface area contributed by atoms with Gasteiger partial charge in [-0.15, -0.1) is 4.80 Å². The number of hydrogen-bond donors (Lipinski definition) is 2. The highest BCUT2D eigenvalue weighted by Gasteiger charge is 2.42. The van der Waals surface area contributed by atoms with E-state index in [2.05, 4.69) is 30.6 Å². The van der Waals surface area contributed by atoms with E-state index >= 15 is 0 Å². The van der Waals surface area contributed by atoms with Gasteiger partial charge in [-0.1, -0.05) is 35.1 Å². The summed E-state index contributed by atoms with van der Waals surface area (Å²) in [7, 11) is 1.26. The van der Waals surface area contributed by atoms with Gasteiger partial charge in [0, 0.05) is 12.6 Å². The van der Waals surface area contributed by atoms with Crippen molar-refractivity contribution in [2.45, 2.75) is 6.18 Å². The van der Waals surface area contributed by atoms with Crippen molar-refractivity contribution in [2.75, 3.05) is 11.1 Å². The molecule has 3 N–H and O–H groups in total. The quantitative estimate of drug-likeness (QED) is 0.364. The van der Waals surface area contributed by atoms with Gasteiger partial charge in [-0.25, -0.2) is 9.97 Å². The summed E-state index contributed by atoms with van der Waals surface area (Å²) in [6.45, 7) is 0. The van der Waals surface area contributed by atoms with E-state index in [4.69, 9.17) is 17.3 Å². The molecule has 1 amide bonds. The fourth-order valence-electron chi connectivity index (χ4n) is 3.56. The van der Waals surface area contributed by atoms with Crippen LogP contribution in [0.3, 0.4) is 0 Å². The van der Waals surface area contributed by atoms with Crippen molar-refractivity contribution in [3.05, 3.63) is 59.1 Å². The van der Waals surface area contributed by atoms with E-state index in [9.17, 15) is 18.0 Å². The van der Waals surface area contributed by atoms with Gasteiger partial charge in [-0.3, -0.25) is 9.48 Å². The van der Waals surface area contributed by atoms with Crippen molar-refractivity contribution in [2.24, 2.45) is 7.05 Å². The van der Waals surface area contributed by atoms with Gasteiger partial charge >= 0.3 is 6.18 Å². The lowest BCUT2D eigenvalue weighted by molar-refractivity contribution is -0.137. The minimum absolute atomic E-state index is 0.0733. The minimum Gasteiger partial charge on any atom is -0.375 e. The van der Waals surface area contributed by atoms with Crippen molar-refractivity contribution in [3.8, 4) is 17.1 Å². The summed E-state index contributed by atoms with van der Waals surface area (Å²) in [5.41, 5.74) is 4.15. The number of rotatable bonds is 4. The molecule has 0 bridgehead atoms. The fraction of sp³-hybridized carbons (Fsp3) is 0.100. The zero-order chi connectivity index (χ0) is 24.9. The normalized spacial score (nSPS) is 11.8. The average molecular weight is 520 g/mol. The molecule has 0 aliphatic rings. The van der Waals surface area contributed by atoms with Gasteiger partial charge in [0.15, 0.2) is 10.9 Å². The molecular weight excluding hydrogens is 507 g/mol. The third kappa shape index (κ3) is 4.06. The van der Waals surface area contributed by atoms with Crippen molar-refractivity contribution in [1.29, 1.82) is 0 Å². The summed E-state index contributed by atoms with van der Waals surface area (Å²) in [4.78, 5) is 22.4. The summed E-state index contributed by atoms with van der Waals surface area (Å²) in [6.07, 6.45) is -0.811. The Labute approximate surface area is 203 Å². The van der Waals surface area contributed by atoms with E-state index in [0.717, 1.165) is 20.8 Å². The maximum Gasteiger partial charge on any atom is 0.420 e. The third-order valence-electron chi connectivity index (χ3n) is 4.92. The smallest absolute Gasteiger partial charge is 0.375 e. The van der Waals surface area contributed by atoms with Crippen molar-refractivity contribution in [1.82, 2.24) is 34.7 Å². The molecule has 0 spiro atoms. The molecule has 5 aromatic rings. The first kappa shape index (κ1) is 22.7. The van der Waals surface area contributed by atoms with Crippen LogP contribution >= 0.6 is 22.9 Å². The highest BCUT2D eigenvalue weighted by atomic mass is 35.5. The molecule has 4 heterocycles. The van der Waals surface area contributed by atoms with Crippen LogP contribution in [-0.2, 0) is 13.2 Å². The van der Waals surface area contributed by atoms with Crippen molar-refractivity contribution in [3.63, 3.8) is 0 Å². The number of carbonyl (C=O) groups excluding carboxylic acids is 1. The van der Waals surface area contributed by atoms with Gasteiger partial charge < -0.3 is 11.1 Å². The SMILES string of the molecule is Cn1nc(-c2cccc3nc(N)sc23)c(C(F)(F)F)c1C(=O)Nc1cnc(-n2nccn2)c(Cl)c1. The maximum atomic E-state index is 14.3. The first-order valence-electron chi connectivity index (χ1n) is 9.76. The second-order valence-corrected chi connectivity index (χ2v) is 8.64. The van der Waals surface area contributed by atoms with Crippen LogP contribution in [0.1, 0.15) is 16.1 Å². The summed E-state index contributed by atoms with van der Waals surface area (Å²) in [6, 6.07) is 5.99. The van der Waals surface area contributed by atoms with Gasteiger partial charge in [0.05, 0.1) is 39.5 Å². The monoisotopic (exact) mass is 519 g/mol. The van der Waals surface area contributed by atoms with Crippen LogP contribution in [0.25, 0.3) is 27.3 Å². The Balaban J connectivity index is 1.57. The number of nitrogen functional groups attached to an aromatic ring is 1. The number of nitrogens with two attached hydrogens (primary N) is 1. The second-order valence-electron chi connectivity index (χ2n) is 7.20. The van der Waals surface area contributed by atoms with Crippen LogP contribution in [0.5, 0.6) is 0 Å². The zero-order valence-electron chi connectivity index (χ0n) is 17.6. The van der Waals surface area contributed by atoms with Crippen LogP contribution in [0.15, 0.2) is 42.9 Å². The number of aromatic nitrogens is 7. The molecule has 10 nitrogen and oxygen atoms in total. The Morgan fingerprint density at radius 1 is 1.23 bits per heavy atom. The van der Waals surface area contributed by atoms with Crippen LogP contribution in [0, 0.1) is 0 Å².